The van der Waals surface area contributed by atoms with Crippen LogP contribution < -0.4 is 10.6 Å². The van der Waals surface area contributed by atoms with Gasteiger partial charge in [-0.3, -0.25) is 9.59 Å². The van der Waals surface area contributed by atoms with E-state index < -0.39 is 0 Å². The second kappa shape index (κ2) is 5.14. The molecule has 4 heteroatoms. The van der Waals surface area contributed by atoms with E-state index in [9.17, 15) is 9.59 Å². The maximum absolute atomic E-state index is 11.5. The van der Waals surface area contributed by atoms with Gasteiger partial charge in [-0.05, 0) is 19.9 Å². The molecule has 0 radical (unpaired) electrons. The molecule has 1 fully saturated rings. The molecule has 0 spiro atoms. The van der Waals surface area contributed by atoms with E-state index in [1.165, 1.54) is 0 Å². The summed E-state index contributed by atoms with van der Waals surface area (Å²) in [4.78, 5) is 22.8. The Balaban J connectivity index is 3.06. The lowest BCUT2D eigenvalue weighted by Crippen LogP contribution is -2.30. The van der Waals surface area contributed by atoms with Gasteiger partial charge in [0.2, 0.25) is 5.91 Å². The lowest BCUT2D eigenvalue weighted by Gasteiger charge is -2.05. The van der Waals surface area contributed by atoms with Gasteiger partial charge in [0.25, 0.3) is 5.91 Å². The van der Waals surface area contributed by atoms with Crippen molar-refractivity contribution in [1.82, 2.24) is 10.6 Å². The molecule has 0 atom stereocenters. The van der Waals surface area contributed by atoms with Gasteiger partial charge in [-0.2, -0.15) is 0 Å². The third-order valence-corrected chi connectivity index (χ3v) is 1.96. The molecule has 80 valence electrons. The van der Waals surface area contributed by atoms with Gasteiger partial charge < -0.3 is 10.6 Å². The molecule has 0 aromatic rings. The molecule has 1 rings (SSSR count). The first-order valence-electron chi connectivity index (χ1n) is 4.76. The smallest absolute Gasteiger partial charge is 0.253 e. The molecule has 1 heterocycles. The summed E-state index contributed by atoms with van der Waals surface area (Å²) in [5.41, 5.74) is 1.02. The molecular weight excluding hydrogens is 192 g/mol. The first-order valence-corrected chi connectivity index (χ1v) is 4.76. The number of carbonyl (C=O) groups is 2. The van der Waals surface area contributed by atoms with Crippen LogP contribution in [-0.2, 0) is 9.59 Å². The molecule has 0 aromatic carbocycles. The Kier molecular flexibility index (Phi) is 3.85. The van der Waals surface area contributed by atoms with Crippen molar-refractivity contribution in [2.45, 2.75) is 13.8 Å². The van der Waals surface area contributed by atoms with Crippen molar-refractivity contribution >= 4 is 11.8 Å². The summed E-state index contributed by atoms with van der Waals surface area (Å²) in [7, 11) is 0. The minimum Gasteiger partial charge on any atom is -0.343 e. The maximum Gasteiger partial charge on any atom is 0.253 e. The molecule has 1 saturated heterocycles. The molecule has 4 nitrogen and oxygen atoms in total. The monoisotopic (exact) mass is 206 g/mol. The summed E-state index contributed by atoms with van der Waals surface area (Å²) >= 11 is 0. The summed E-state index contributed by atoms with van der Waals surface area (Å²) < 4.78 is 0. The molecule has 0 bridgehead atoms. The van der Waals surface area contributed by atoms with E-state index in [4.69, 9.17) is 0 Å². The third-order valence-electron chi connectivity index (χ3n) is 1.96. The zero-order valence-corrected chi connectivity index (χ0v) is 8.83. The number of rotatable bonds is 1. The van der Waals surface area contributed by atoms with Crippen LogP contribution in [-0.4, -0.2) is 18.4 Å². The van der Waals surface area contributed by atoms with E-state index in [0.717, 1.165) is 0 Å². The zero-order valence-electron chi connectivity index (χ0n) is 8.83. The first kappa shape index (κ1) is 11.2. The van der Waals surface area contributed by atoms with E-state index >= 15 is 0 Å². The predicted molar refractivity (Wildman–Crippen MR) is 57.8 cm³/mol. The Hall–Kier alpha value is -1.84. The Morgan fingerprint density at radius 3 is 2.60 bits per heavy atom. The standard InChI is InChI=1S/C11H14N2O2/c1-3-5-6-9-8(4-2)11(15)12-7-10(14)13-9/h3-6H,7H2,1-2H3,(H,12,15)(H,13,14)/b5-3-,8-4+,9-6+. The second-order valence-electron chi connectivity index (χ2n) is 3.04. The Morgan fingerprint density at radius 2 is 2.00 bits per heavy atom. The van der Waals surface area contributed by atoms with Crippen molar-refractivity contribution in [3.05, 3.63) is 35.6 Å². The van der Waals surface area contributed by atoms with Gasteiger partial charge in [0.05, 0.1) is 17.8 Å². The normalized spacial score (nSPS) is 23.1. The number of hydrogen-bond donors (Lipinski definition) is 2. The highest BCUT2D eigenvalue weighted by molar-refractivity contribution is 6.02. The summed E-state index contributed by atoms with van der Waals surface area (Å²) in [5.74, 6) is -0.442. The van der Waals surface area contributed by atoms with E-state index in [0.29, 0.717) is 11.3 Å². The van der Waals surface area contributed by atoms with Crippen molar-refractivity contribution in [2.75, 3.05) is 6.54 Å². The van der Waals surface area contributed by atoms with Crippen molar-refractivity contribution in [3.63, 3.8) is 0 Å². The average molecular weight is 206 g/mol. The quantitative estimate of drug-likeness (QED) is 0.618. The van der Waals surface area contributed by atoms with Gasteiger partial charge in [-0.25, -0.2) is 0 Å². The maximum atomic E-state index is 11.5. The zero-order chi connectivity index (χ0) is 11.3. The molecule has 1 aliphatic heterocycles. The first-order chi connectivity index (χ1) is 7.19. The van der Waals surface area contributed by atoms with Crippen LogP contribution in [0.25, 0.3) is 0 Å². The third kappa shape index (κ3) is 2.80. The Bertz CT molecular complexity index is 365. The van der Waals surface area contributed by atoms with Crippen molar-refractivity contribution in [1.29, 1.82) is 0 Å². The molecule has 0 unspecified atom stereocenters. The van der Waals surface area contributed by atoms with Crippen LogP contribution in [0, 0.1) is 0 Å². The van der Waals surface area contributed by atoms with Gasteiger partial charge in [0.15, 0.2) is 0 Å². The van der Waals surface area contributed by atoms with E-state index in [2.05, 4.69) is 10.6 Å². The Morgan fingerprint density at radius 1 is 1.27 bits per heavy atom. The highest BCUT2D eigenvalue weighted by Gasteiger charge is 2.19. The SMILES string of the molecule is C\C=C/C=C1/NC(=O)CNC(=O)/C1=C/C. The van der Waals surface area contributed by atoms with Gasteiger partial charge in [0, 0.05) is 0 Å². The molecule has 2 N–H and O–H groups in total. The highest BCUT2D eigenvalue weighted by atomic mass is 16.2. The molecule has 0 aliphatic carbocycles. The summed E-state index contributed by atoms with van der Waals surface area (Å²) in [5, 5.41) is 5.18. The molecule has 1 aliphatic rings. The fourth-order valence-corrected chi connectivity index (χ4v) is 1.25. The molecule has 0 aromatic heterocycles. The minimum absolute atomic E-state index is 0.0172. The Labute approximate surface area is 88.7 Å². The van der Waals surface area contributed by atoms with E-state index in [1.54, 1.807) is 25.2 Å². The molecule has 2 amide bonds. The summed E-state index contributed by atoms with van der Waals surface area (Å²) in [6.07, 6.45) is 6.99. The number of allylic oxidation sites excluding steroid dienone is 4. The van der Waals surface area contributed by atoms with Crippen LogP contribution >= 0.6 is 0 Å². The van der Waals surface area contributed by atoms with Gasteiger partial charge >= 0.3 is 0 Å². The van der Waals surface area contributed by atoms with Crippen LogP contribution in [0.5, 0.6) is 0 Å². The van der Waals surface area contributed by atoms with Crippen LogP contribution in [0.2, 0.25) is 0 Å². The van der Waals surface area contributed by atoms with Crippen molar-refractivity contribution in [3.8, 4) is 0 Å². The number of amides is 2. The average Bonchev–Trinajstić information content (AvgIpc) is 2.35. The molecule has 0 saturated carbocycles. The number of hydrogen-bond acceptors (Lipinski definition) is 2. The molecular formula is C11H14N2O2. The number of carbonyl (C=O) groups excluding carboxylic acids is 2. The number of nitrogens with one attached hydrogen (secondary N) is 2. The molecule has 15 heavy (non-hydrogen) atoms. The summed E-state index contributed by atoms with van der Waals surface area (Å²) in [6.45, 7) is 3.64. The fraction of sp³-hybridized carbons (Fsp3) is 0.273. The van der Waals surface area contributed by atoms with Gasteiger partial charge in [-0.15, -0.1) is 0 Å². The largest absolute Gasteiger partial charge is 0.343 e. The van der Waals surface area contributed by atoms with Gasteiger partial charge in [-0.1, -0.05) is 18.2 Å². The van der Waals surface area contributed by atoms with Crippen LogP contribution in [0.1, 0.15) is 13.8 Å². The lowest BCUT2D eigenvalue weighted by molar-refractivity contribution is -0.122. The van der Waals surface area contributed by atoms with E-state index in [-0.39, 0.29) is 18.4 Å². The van der Waals surface area contributed by atoms with Crippen LogP contribution in [0.15, 0.2) is 35.6 Å². The van der Waals surface area contributed by atoms with Crippen LogP contribution in [0.3, 0.4) is 0 Å². The minimum atomic E-state index is -0.230. The van der Waals surface area contributed by atoms with Crippen molar-refractivity contribution in [2.24, 2.45) is 0 Å². The van der Waals surface area contributed by atoms with E-state index in [1.807, 2.05) is 13.0 Å². The van der Waals surface area contributed by atoms with Crippen molar-refractivity contribution < 1.29 is 9.59 Å². The van der Waals surface area contributed by atoms with Gasteiger partial charge in [0.1, 0.15) is 0 Å². The second-order valence-corrected chi connectivity index (χ2v) is 3.04. The lowest BCUT2D eigenvalue weighted by atomic mass is 10.1. The fourth-order valence-electron chi connectivity index (χ4n) is 1.25. The predicted octanol–water partition coefficient (Wildman–Crippen LogP) is 0.639. The summed E-state index contributed by atoms with van der Waals surface area (Å²) in [6, 6.07) is 0. The highest BCUT2D eigenvalue weighted by Crippen LogP contribution is 2.09. The van der Waals surface area contributed by atoms with Crippen LogP contribution in [0.4, 0.5) is 0 Å². The topological polar surface area (TPSA) is 58.2 Å².